The lowest BCUT2D eigenvalue weighted by molar-refractivity contribution is -0.304. The molecule has 0 aromatic carbocycles. The summed E-state index contributed by atoms with van der Waals surface area (Å²) in [6.07, 6.45) is 0.299. The first-order chi connectivity index (χ1) is 7.04. The van der Waals surface area contributed by atoms with Gasteiger partial charge in [0.25, 0.3) is 5.56 Å². The fourth-order valence-corrected chi connectivity index (χ4v) is 1.64. The van der Waals surface area contributed by atoms with Crippen LogP contribution in [0.5, 0.6) is 0 Å². The van der Waals surface area contributed by atoms with Crippen LogP contribution < -0.4 is 16.4 Å². The first kappa shape index (κ1) is 11.5. The summed E-state index contributed by atoms with van der Waals surface area (Å²) in [6, 6.07) is 0. The summed E-state index contributed by atoms with van der Waals surface area (Å²) in [5, 5.41) is 15.1. The van der Waals surface area contributed by atoms with Gasteiger partial charge in [-0.3, -0.25) is 9.78 Å². The number of thioether (sulfide) groups is 1. The maximum Gasteiger partial charge on any atom is 0.342 e. The monoisotopic (exact) mass is 230 g/mol. The Morgan fingerprint density at radius 2 is 2.27 bits per heavy atom. The molecule has 1 aromatic heterocycles. The number of rotatable bonds is 4. The molecule has 0 radical (unpaired) electrons. The van der Waals surface area contributed by atoms with E-state index in [0.717, 1.165) is 11.8 Å². The summed E-state index contributed by atoms with van der Waals surface area (Å²) in [6.45, 7) is 1.65. The molecular weight excluding hydrogens is 222 g/mol. The van der Waals surface area contributed by atoms with E-state index in [2.05, 4.69) is 5.10 Å². The van der Waals surface area contributed by atoms with Crippen molar-refractivity contribution in [2.45, 2.75) is 23.6 Å². The normalized spacial score (nSPS) is 12.3. The first-order valence-corrected chi connectivity index (χ1v) is 4.99. The maximum absolute atomic E-state index is 11.1. The minimum atomic E-state index is -1.27. The lowest BCUT2D eigenvalue weighted by Gasteiger charge is -2.13. The van der Waals surface area contributed by atoms with Crippen molar-refractivity contribution in [3.63, 3.8) is 0 Å². The van der Waals surface area contributed by atoms with Gasteiger partial charge in [0.1, 0.15) is 0 Å². The topological polar surface area (TPSA) is 119 Å². The van der Waals surface area contributed by atoms with Crippen LogP contribution in [0.3, 0.4) is 0 Å². The van der Waals surface area contributed by atoms with Gasteiger partial charge in [-0.15, -0.1) is 0 Å². The van der Waals surface area contributed by atoms with Crippen LogP contribution in [0.1, 0.15) is 13.3 Å². The molecule has 0 bridgehead atoms. The first-order valence-electron chi connectivity index (χ1n) is 4.11. The SMILES string of the molecule is CC[C@@H](Sc1n[nH]c(=O)[nH]c1=O)C(=O)[O-]. The predicted molar refractivity (Wildman–Crippen MR) is 50.4 cm³/mol. The molecule has 0 fully saturated rings. The van der Waals surface area contributed by atoms with Gasteiger partial charge in [0, 0.05) is 0 Å². The van der Waals surface area contributed by atoms with E-state index < -0.39 is 22.5 Å². The molecule has 7 nitrogen and oxygen atoms in total. The molecule has 8 heteroatoms. The van der Waals surface area contributed by atoms with Gasteiger partial charge < -0.3 is 9.90 Å². The number of aliphatic carboxylic acids is 1. The second kappa shape index (κ2) is 4.78. The number of nitrogens with one attached hydrogen (secondary N) is 2. The van der Waals surface area contributed by atoms with Crippen LogP contribution in [-0.2, 0) is 4.79 Å². The summed E-state index contributed by atoms with van der Waals surface area (Å²) in [4.78, 5) is 34.3. The van der Waals surface area contributed by atoms with Crippen LogP contribution >= 0.6 is 11.8 Å². The van der Waals surface area contributed by atoms with Crippen LogP contribution in [0.25, 0.3) is 0 Å². The third-order valence-electron chi connectivity index (χ3n) is 1.57. The number of carboxylic acid groups (broad SMARTS) is 1. The fraction of sp³-hybridized carbons (Fsp3) is 0.429. The Bertz CT molecular complexity index is 466. The van der Waals surface area contributed by atoms with Gasteiger partial charge in [0.05, 0.1) is 11.2 Å². The molecule has 0 saturated carbocycles. The summed E-state index contributed by atoms with van der Waals surface area (Å²) in [5.74, 6) is -1.27. The number of aromatic nitrogens is 3. The zero-order chi connectivity index (χ0) is 11.4. The Morgan fingerprint density at radius 3 is 2.73 bits per heavy atom. The van der Waals surface area contributed by atoms with Crippen molar-refractivity contribution in [3.05, 3.63) is 20.8 Å². The van der Waals surface area contributed by atoms with Crippen molar-refractivity contribution in [2.75, 3.05) is 0 Å². The minimum Gasteiger partial charge on any atom is -0.549 e. The second-order valence-corrected chi connectivity index (χ2v) is 3.84. The number of H-pyrrole nitrogens is 2. The van der Waals surface area contributed by atoms with Gasteiger partial charge in [-0.1, -0.05) is 18.7 Å². The standard InChI is InChI=1S/C7H9N3O4S/c1-2-3(6(12)13)15-5-4(11)8-7(14)10-9-5/h3H,2H2,1H3,(H,12,13)(H2,8,10,11,14)/p-1/t3-/m1/s1. The van der Waals surface area contributed by atoms with Crippen LogP contribution in [0.4, 0.5) is 0 Å². The number of carbonyl (C=O) groups is 1. The van der Waals surface area contributed by atoms with Crippen molar-refractivity contribution in [1.82, 2.24) is 15.2 Å². The van der Waals surface area contributed by atoms with Gasteiger partial charge >= 0.3 is 5.69 Å². The zero-order valence-electron chi connectivity index (χ0n) is 7.77. The molecule has 1 heterocycles. The Kier molecular flexibility index (Phi) is 3.67. The number of carboxylic acids is 1. The van der Waals surface area contributed by atoms with Crippen LogP contribution in [0, 0.1) is 0 Å². The Balaban J connectivity index is 2.94. The average Bonchev–Trinajstić information content (AvgIpc) is 2.16. The Labute approximate surface area is 87.9 Å². The molecule has 82 valence electrons. The molecule has 0 amide bonds. The lowest BCUT2D eigenvalue weighted by Crippen LogP contribution is -2.34. The Hall–Kier alpha value is -1.57. The molecule has 1 aromatic rings. The summed E-state index contributed by atoms with van der Waals surface area (Å²) in [5.41, 5.74) is -1.44. The highest BCUT2D eigenvalue weighted by molar-refractivity contribution is 8.00. The number of aromatic amines is 2. The smallest absolute Gasteiger partial charge is 0.342 e. The van der Waals surface area contributed by atoms with Gasteiger partial charge in [-0.05, 0) is 6.42 Å². The number of hydrogen-bond acceptors (Lipinski definition) is 6. The molecule has 1 rings (SSSR count). The van der Waals surface area contributed by atoms with Gasteiger partial charge in [0.2, 0.25) is 0 Å². The maximum atomic E-state index is 11.1. The van der Waals surface area contributed by atoms with E-state index in [1.54, 1.807) is 6.92 Å². The molecular formula is C7H8N3O4S-. The number of nitrogens with zero attached hydrogens (tertiary/aromatic N) is 1. The van der Waals surface area contributed by atoms with Crippen molar-refractivity contribution < 1.29 is 9.90 Å². The Morgan fingerprint density at radius 1 is 1.60 bits per heavy atom. The number of carbonyl (C=O) groups excluding carboxylic acids is 1. The average molecular weight is 230 g/mol. The highest BCUT2D eigenvalue weighted by Crippen LogP contribution is 2.18. The predicted octanol–water partition coefficient (Wildman–Crippen LogP) is -1.92. The highest BCUT2D eigenvalue weighted by Gasteiger charge is 2.13. The number of hydrogen-bond donors (Lipinski definition) is 2. The van der Waals surface area contributed by atoms with Crippen LogP contribution in [0.15, 0.2) is 14.6 Å². The van der Waals surface area contributed by atoms with Crippen molar-refractivity contribution in [1.29, 1.82) is 0 Å². The third kappa shape index (κ3) is 2.94. The summed E-state index contributed by atoms with van der Waals surface area (Å²) >= 11 is 0.745. The second-order valence-electron chi connectivity index (χ2n) is 2.65. The molecule has 0 unspecified atom stereocenters. The lowest BCUT2D eigenvalue weighted by atomic mass is 10.3. The van der Waals surface area contributed by atoms with Crippen LogP contribution in [0.2, 0.25) is 0 Å². The van der Waals surface area contributed by atoms with Gasteiger partial charge in [-0.25, -0.2) is 9.89 Å². The molecule has 0 aliphatic heterocycles. The van der Waals surface area contributed by atoms with E-state index in [0.29, 0.717) is 6.42 Å². The van der Waals surface area contributed by atoms with Gasteiger partial charge in [-0.2, -0.15) is 5.10 Å². The quantitative estimate of drug-likeness (QED) is 0.582. The van der Waals surface area contributed by atoms with E-state index in [1.807, 2.05) is 10.1 Å². The molecule has 0 spiro atoms. The van der Waals surface area contributed by atoms with Crippen LogP contribution in [-0.4, -0.2) is 26.4 Å². The largest absolute Gasteiger partial charge is 0.549 e. The fourth-order valence-electron chi connectivity index (χ4n) is 0.850. The molecule has 15 heavy (non-hydrogen) atoms. The zero-order valence-corrected chi connectivity index (χ0v) is 8.59. The molecule has 0 aliphatic rings. The van der Waals surface area contributed by atoms with Crippen molar-refractivity contribution in [3.8, 4) is 0 Å². The van der Waals surface area contributed by atoms with Crippen molar-refractivity contribution in [2.24, 2.45) is 0 Å². The third-order valence-corrected chi connectivity index (χ3v) is 2.88. The van der Waals surface area contributed by atoms with E-state index >= 15 is 0 Å². The van der Waals surface area contributed by atoms with Crippen molar-refractivity contribution >= 4 is 17.7 Å². The minimum absolute atomic E-state index is 0.0920. The molecule has 0 saturated heterocycles. The molecule has 1 atom stereocenters. The summed E-state index contributed by atoms with van der Waals surface area (Å²) < 4.78 is 0. The van der Waals surface area contributed by atoms with Gasteiger partial charge in [0.15, 0.2) is 5.03 Å². The summed E-state index contributed by atoms with van der Waals surface area (Å²) in [7, 11) is 0. The highest BCUT2D eigenvalue weighted by atomic mass is 32.2. The van der Waals surface area contributed by atoms with E-state index in [1.165, 1.54) is 0 Å². The van der Waals surface area contributed by atoms with E-state index in [4.69, 9.17) is 0 Å². The van der Waals surface area contributed by atoms with E-state index in [-0.39, 0.29) is 5.03 Å². The van der Waals surface area contributed by atoms with E-state index in [9.17, 15) is 19.5 Å². The molecule has 2 N–H and O–H groups in total. The molecule has 0 aliphatic carbocycles.